The van der Waals surface area contributed by atoms with Crippen LogP contribution in [0.25, 0.3) is 0 Å². The Kier molecular flexibility index (Phi) is 7.18. The fourth-order valence-corrected chi connectivity index (χ4v) is 2.33. The third-order valence-corrected chi connectivity index (χ3v) is 3.57. The first-order valence-corrected chi connectivity index (χ1v) is 7.51. The maximum Gasteiger partial charge on any atom is 0.321 e. The molecule has 0 fully saturated rings. The van der Waals surface area contributed by atoms with Crippen LogP contribution in [0.2, 0.25) is 0 Å². The Bertz CT molecular complexity index is 508. The highest BCUT2D eigenvalue weighted by molar-refractivity contribution is 9.10. The Hall–Kier alpha value is -1.60. The molecule has 0 heterocycles. The van der Waals surface area contributed by atoms with Gasteiger partial charge in [-0.25, -0.2) is 4.79 Å². The summed E-state index contributed by atoms with van der Waals surface area (Å²) in [5.41, 5.74) is 1.06. The first-order valence-electron chi connectivity index (χ1n) is 6.72. The molecule has 116 valence electrons. The monoisotopic (exact) mass is 358 g/mol. The summed E-state index contributed by atoms with van der Waals surface area (Å²) >= 11 is 3.43. The van der Waals surface area contributed by atoms with Crippen molar-refractivity contribution in [3.05, 3.63) is 28.2 Å². The SMILES string of the molecule is CCNC(=O)NC(=O)C[NH2+][C@@H](C)c1ccc(OC)c(Br)c1. The molecule has 0 aliphatic carbocycles. The van der Waals surface area contributed by atoms with Crippen molar-refractivity contribution in [3.8, 4) is 5.75 Å². The highest BCUT2D eigenvalue weighted by Gasteiger charge is 2.14. The van der Waals surface area contributed by atoms with Gasteiger partial charge in [0, 0.05) is 12.1 Å². The molecule has 0 aromatic heterocycles. The number of rotatable bonds is 6. The summed E-state index contributed by atoms with van der Waals surface area (Å²) in [5.74, 6) is 0.445. The van der Waals surface area contributed by atoms with Gasteiger partial charge in [-0.2, -0.15) is 0 Å². The van der Waals surface area contributed by atoms with Gasteiger partial charge in [-0.05, 0) is 48.0 Å². The summed E-state index contributed by atoms with van der Waals surface area (Å²) in [7, 11) is 1.61. The lowest BCUT2D eigenvalue weighted by Crippen LogP contribution is -2.87. The number of nitrogens with one attached hydrogen (secondary N) is 2. The standard InChI is InChI=1S/C14H20BrN3O3/c1-4-16-14(20)18-13(19)8-17-9(2)10-5-6-12(21-3)11(15)7-10/h5-7,9,17H,4,8H2,1-3H3,(H2,16,18,19,20)/p+1/t9-/m0/s1. The summed E-state index contributed by atoms with van der Waals surface area (Å²) in [4.78, 5) is 22.8. The fraction of sp³-hybridized carbons (Fsp3) is 0.429. The second-order valence-electron chi connectivity index (χ2n) is 4.53. The van der Waals surface area contributed by atoms with E-state index >= 15 is 0 Å². The number of nitrogens with two attached hydrogens (primary N) is 1. The number of carbonyl (C=O) groups is 2. The van der Waals surface area contributed by atoms with Crippen molar-refractivity contribution in [2.24, 2.45) is 0 Å². The van der Waals surface area contributed by atoms with Gasteiger partial charge in [-0.15, -0.1) is 0 Å². The molecule has 1 aromatic carbocycles. The van der Waals surface area contributed by atoms with E-state index < -0.39 is 6.03 Å². The van der Waals surface area contributed by atoms with Gasteiger partial charge in [-0.1, -0.05) is 0 Å². The third-order valence-electron chi connectivity index (χ3n) is 2.95. The van der Waals surface area contributed by atoms with Crippen LogP contribution in [0.1, 0.15) is 25.5 Å². The average molecular weight is 359 g/mol. The summed E-state index contributed by atoms with van der Waals surface area (Å²) in [6.07, 6.45) is 0. The van der Waals surface area contributed by atoms with Crippen LogP contribution < -0.4 is 20.7 Å². The first kappa shape index (κ1) is 17.5. The van der Waals surface area contributed by atoms with E-state index in [4.69, 9.17) is 4.74 Å². The Labute approximate surface area is 132 Å². The van der Waals surface area contributed by atoms with Crippen LogP contribution in [-0.2, 0) is 4.79 Å². The molecule has 7 heteroatoms. The minimum Gasteiger partial charge on any atom is -0.496 e. The number of methoxy groups -OCH3 is 1. The van der Waals surface area contributed by atoms with Crippen LogP contribution >= 0.6 is 15.9 Å². The number of halogens is 1. The number of amides is 3. The van der Waals surface area contributed by atoms with Crippen LogP contribution in [0, 0.1) is 0 Å². The molecule has 0 unspecified atom stereocenters. The lowest BCUT2D eigenvalue weighted by molar-refractivity contribution is -0.682. The molecule has 0 spiro atoms. The zero-order chi connectivity index (χ0) is 15.8. The topological polar surface area (TPSA) is 84.0 Å². The lowest BCUT2D eigenvalue weighted by Gasteiger charge is -2.12. The molecular formula is C14H21BrN3O3+. The molecule has 3 amide bonds. The van der Waals surface area contributed by atoms with Gasteiger partial charge in [0.05, 0.1) is 11.6 Å². The number of ether oxygens (including phenoxy) is 1. The Morgan fingerprint density at radius 3 is 2.71 bits per heavy atom. The van der Waals surface area contributed by atoms with Gasteiger partial charge in [0.25, 0.3) is 5.91 Å². The smallest absolute Gasteiger partial charge is 0.321 e. The van der Waals surface area contributed by atoms with E-state index in [1.807, 2.05) is 30.4 Å². The van der Waals surface area contributed by atoms with E-state index in [0.717, 1.165) is 15.8 Å². The lowest BCUT2D eigenvalue weighted by atomic mass is 10.1. The quantitative estimate of drug-likeness (QED) is 0.707. The van der Waals surface area contributed by atoms with Crippen LogP contribution in [0.15, 0.2) is 22.7 Å². The molecule has 0 saturated carbocycles. The summed E-state index contributed by atoms with van der Waals surface area (Å²) in [5, 5.41) is 6.64. The number of carbonyl (C=O) groups excluding carboxylic acids is 2. The van der Waals surface area contributed by atoms with Crippen molar-refractivity contribution in [2.45, 2.75) is 19.9 Å². The third kappa shape index (κ3) is 5.73. The van der Waals surface area contributed by atoms with Crippen molar-refractivity contribution in [2.75, 3.05) is 20.2 Å². The maximum absolute atomic E-state index is 11.6. The number of hydrogen-bond acceptors (Lipinski definition) is 3. The molecular weight excluding hydrogens is 338 g/mol. The second kappa shape index (κ2) is 8.63. The van der Waals surface area contributed by atoms with Crippen molar-refractivity contribution in [1.29, 1.82) is 0 Å². The average Bonchev–Trinajstić information content (AvgIpc) is 2.44. The number of quaternary nitrogens is 1. The molecule has 21 heavy (non-hydrogen) atoms. The molecule has 4 N–H and O–H groups in total. The molecule has 1 atom stereocenters. The van der Waals surface area contributed by atoms with E-state index in [-0.39, 0.29) is 18.5 Å². The summed E-state index contributed by atoms with van der Waals surface area (Å²) in [6, 6.07) is 5.41. The number of benzene rings is 1. The van der Waals surface area contributed by atoms with Gasteiger partial charge >= 0.3 is 6.03 Å². The van der Waals surface area contributed by atoms with Crippen LogP contribution in [0.3, 0.4) is 0 Å². The molecule has 0 aliphatic rings. The number of urea groups is 1. The Morgan fingerprint density at radius 2 is 2.14 bits per heavy atom. The largest absolute Gasteiger partial charge is 0.496 e. The van der Waals surface area contributed by atoms with E-state index in [2.05, 4.69) is 26.6 Å². The van der Waals surface area contributed by atoms with Gasteiger partial charge in [0.1, 0.15) is 11.8 Å². The minimum absolute atomic E-state index is 0.0900. The molecule has 0 aliphatic heterocycles. The second-order valence-corrected chi connectivity index (χ2v) is 5.38. The first-order chi connectivity index (χ1) is 9.97. The highest BCUT2D eigenvalue weighted by atomic mass is 79.9. The van der Waals surface area contributed by atoms with E-state index in [9.17, 15) is 9.59 Å². The predicted octanol–water partition coefficient (Wildman–Crippen LogP) is 0.928. The Morgan fingerprint density at radius 1 is 1.43 bits per heavy atom. The van der Waals surface area contributed by atoms with E-state index in [0.29, 0.717) is 6.54 Å². The highest BCUT2D eigenvalue weighted by Crippen LogP contribution is 2.26. The maximum atomic E-state index is 11.6. The predicted molar refractivity (Wildman–Crippen MR) is 83.1 cm³/mol. The summed E-state index contributed by atoms with van der Waals surface area (Å²) < 4.78 is 6.05. The molecule has 1 aromatic rings. The van der Waals surface area contributed by atoms with Crippen LogP contribution in [0.4, 0.5) is 4.79 Å². The van der Waals surface area contributed by atoms with E-state index in [1.165, 1.54) is 0 Å². The zero-order valence-corrected chi connectivity index (χ0v) is 14.0. The molecule has 0 radical (unpaired) electrons. The minimum atomic E-state index is -0.462. The van der Waals surface area contributed by atoms with Crippen molar-refractivity contribution in [1.82, 2.24) is 10.6 Å². The van der Waals surface area contributed by atoms with Crippen molar-refractivity contribution < 1.29 is 19.6 Å². The van der Waals surface area contributed by atoms with Gasteiger partial charge < -0.3 is 15.4 Å². The van der Waals surface area contributed by atoms with Crippen molar-refractivity contribution in [3.63, 3.8) is 0 Å². The molecule has 1 rings (SSSR count). The van der Waals surface area contributed by atoms with Gasteiger partial charge in [0.15, 0.2) is 6.54 Å². The van der Waals surface area contributed by atoms with Gasteiger partial charge in [-0.3, -0.25) is 10.1 Å². The number of hydrogen-bond donors (Lipinski definition) is 3. The normalized spacial score (nSPS) is 11.6. The zero-order valence-electron chi connectivity index (χ0n) is 12.4. The molecule has 6 nitrogen and oxygen atoms in total. The van der Waals surface area contributed by atoms with E-state index in [1.54, 1.807) is 14.0 Å². The van der Waals surface area contributed by atoms with Crippen LogP contribution in [0.5, 0.6) is 5.75 Å². The van der Waals surface area contributed by atoms with Crippen molar-refractivity contribution >= 4 is 27.9 Å². The van der Waals surface area contributed by atoms with Crippen LogP contribution in [-0.4, -0.2) is 32.1 Å². The fourth-order valence-electron chi connectivity index (χ4n) is 1.77. The number of imide groups is 1. The molecule has 0 saturated heterocycles. The summed E-state index contributed by atoms with van der Waals surface area (Å²) in [6.45, 7) is 4.45. The Balaban J connectivity index is 2.50. The molecule has 0 bridgehead atoms. The van der Waals surface area contributed by atoms with Gasteiger partial charge in [0.2, 0.25) is 0 Å².